The van der Waals surface area contributed by atoms with Gasteiger partial charge in [-0.1, -0.05) is 30.3 Å². The molecule has 31 heavy (non-hydrogen) atoms. The van der Waals surface area contributed by atoms with Crippen LogP contribution in [0.15, 0.2) is 86.8 Å². The minimum Gasteiger partial charge on any atom is -0.435 e. The van der Waals surface area contributed by atoms with Crippen LogP contribution in [0.5, 0.6) is 0 Å². The summed E-state index contributed by atoms with van der Waals surface area (Å²) in [5.41, 5.74) is 4.48. The number of fused-ring (bicyclic) bond motifs is 3. The Hall–Kier alpha value is -3.93. The highest BCUT2D eigenvalue weighted by molar-refractivity contribution is 6.09. The highest BCUT2D eigenvalue weighted by atomic mass is 16.3. The summed E-state index contributed by atoms with van der Waals surface area (Å²) in [6.45, 7) is 9.99. The van der Waals surface area contributed by atoms with Crippen LogP contribution in [-0.2, 0) is 0 Å². The lowest BCUT2D eigenvalue weighted by Crippen LogP contribution is -2.38. The van der Waals surface area contributed by atoms with E-state index in [1.54, 1.807) is 12.4 Å². The van der Waals surface area contributed by atoms with E-state index in [9.17, 15) is 0 Å². The quantitative estimate of drug-likeness (QED) is 0.395. The monoisotopic (exact) mass is 409 g/mol. The summed E-state index contributed by atoms with van der Waals surface area (Å²) in [5.74, 6) is 1.44. The van der Waals surface area contributed by atoms with Crippen molar-refractivity contribution in [3.8, 4) is 0 Å². The molecule has 0 bridgehead atoms. The number of hydrogen-bond donors (Lipinski definition) is 0. The molecule has 0 radical (unpaired) electrons. The van der Waals surface area contributed by atoms with Gasteiger partial charge in [-0.25, -0.2) is 15.0 Å². The van der Waals surface area contributed by atoms with Gasteiger partial charge in [0, 0.05) is 28.9 Å². The number of anilines is 2. The molecule has 2 aromatic carbocycles. The summed E-state index contributed by atoms with van der Waals surface area (Å²) in [5, 5.41) is 2.02. The van der Waals surface area contributed by atoms with Crippen molar-refractivity contribution in [1.82, 2.24) is 4.98 Å². The van der Waals surface area contributed by atoms with Crippen molar-refractivity contribution in [1.29, 1.82) is 0 Å². The molecule has 0 unspecified atom stereocenters. The topological polar surface area (TPSA) is 57.2 Å². The first kappa shape index (κ1) is 19.1. The Morgan fingerprint density at radius 2 is 1.81 bits per heavy atom. The summed E-state index contributed by atoms with van der Waals surface area (Å²) in [7, 11) is 0. The highest BCUT2D eigenvalue weighted by Crippen LogP contribution is 2.44. The third kappa shape index (κ3) is 2.83. The fourth-order valence-corrected chi connectivity index (χ4v) is 4.35. The van der Waals surface area contributed by atoms with E-state index in [1.165, 1.54) is 0 Å². The summed E-state index contributed by atoms with van der Waals surface area (Å²) in [4.78, 5) is 17.8. The molecule has 0 N–H and O–H groups in total. The van der Waals surface area contributed by atoms with Crippen molar-refractivity contribution in [2.45, 2.75) is 26.9 Å². The lowest BCUT2D eigenvalue weighted by Gasteiger charge is -2.31. The molecular weight excluding hydrogens is 386 g/mol. The lowest BCUT2D eigenvalue weighted by molar-refractivity contribution is 0.646. The van der Waals surface area contributed by atoms with Crippen molar-refractivity contribution >= 4 is 46.4 Å². The van der Waals surface area contributed by atoms with E-state index in [4.69, 9.17) is 4.42 Å². The number of aliphatic imine (C=N–C) groups is 2. The Kier molecular flexibility index (Phi) is 4.55. The molecule has 0 spiro atoms. The van der Waals surface area contributed by atoms with Crippen molar-refractivity contribution < 1.29 is 4.42 Å². The number of aromatic nitrogens is 1. The Labute approximate surface area is 180 Å². The number of hydrogen-bond acceptors (Lipinski definition) is 6. The molecule has 2 aromatic heterocycles. The first-order valence-corrected chi connectivity index (χ1v) is 10.3. The number of nitrogens with zero attached hydrogens (tertiary/aromatic N) is 5. The average molecular weight is 409 g/mol. The van der Waals surface area contributed by atoms with Crippen molar-refractivity contribution in [2.75, 3.05) is 9.80 Å². The molecule has 154 valence electrons. The van der Waals surface area contributed by atoms with Crippen LogP contribution in [-0.4, -0.2) is 24.1 Å². The van der Waals surface area contributed by atoms with Gasteiger partial charge in [0.2, 0.25) is 5.71 Å². The molecule has 0 saturated carbocycles. The van der Waals surface area contributed by atoms with E-state index < -0.39 is 0 Å². The molecule has 1 aliphatic heterocycles. The van der Waals surface area contributed by atoms with Crippen molar-refractivity contribution in [3.05, 3.63) is 78.0 Å². The fraction of sp³-hybridized carbons (Fsp3) is 0.160. The molecule has 4 aromatic rings. The molecule has 1 atom stereocenters. The van der Waals surface area contributed by atoms with Gasteiger partial charge in [0.1, 0.15) is 6.17 Å². The average Bonchev–Trinajstić information content (AvgIpc) is 3.29. The van der Waals surface area contributed by atoms with Crippen LogP contribution >= 0.6 is 0 Å². The molecule has 3 heterocycles. The second-order valence-electron chi connectivity index (χ2n) is 7.47. The number of aryl methyl sites for hydroxylation is 1. The van der Waals surface area contributed by atoms with Crippen LogP contribution in [0.2, 0.25) is 0 Å². The first-order valence-electron chi connectivity index (χ1n) is 10.3. The van der Waals surface area contributed by atoms with Crippen LogP contribution in [0.1, 0.15) is 19.4 Å². The standard InChI is InChI=1S/C25H23N5O/c1-5-27-24-23(26-4)30(17(3)29(24)18-10-7-6-8-11-18)21-16(2)13-14-19-20-12-9-15-28-25(20)31-22(19)21/h5-15,17H,4H2,1-3H3/b27-5-/t17-/m0/s1. The molecule has 0 saturated heterocycles. The van der Waals surface area contributed by atoms with Gasteiger partial charge in [0.05, 0.1) is 5.69 Å². The van der Waals surface area contributed by atoms with Gasteiger partial charge < -0.3 is 9.32 Å². The minimum atomic E-state index is -0.0907. The Balaban J connectivity index is 1.79. The van der Waals surface area contributed by atoms with E-state index in [2.05, 4.69) is 69.6 Å². The number of benzene rings is 2. The molecule has 0 fully saturated rings. The largest absolute Gasteiger partial charge is 0.435 e. The summed E-state index contributed by atoms with van der Waals surface area (Å²) in [6, 6.07) is 18.4. The third-order valence-corrected chi connectivity index (χ3v) is 5.67. The molecule has 6 nitrogen and oxygen atoms in total. The van der Waals surface area contributed by atoms with Crippen LogP contribution in [0.25, 0.3) is 22.1 Å². The molecule has 5 rings (SSSR count). The zero-order valence-electron chi connectivity index (χ0n) is 17.8. The zero-order chi connectivity index (χ0) is 21.5. The van der Waals surface area contributed by atoms with Crippen molar-refractivity contribution in [3.63, 3.8) is 0 Å². The maximum Gasteiger partial charge on any atom is 0.227 e. The lowest BCUT2D eigenvalue weighted by atomic mass is 10.1. The Bertz CT molecular complexity index is 1350. The van der Waals surface area contributed by atoms with Crippen LogP contribution in [0.4, 0.5) is 11.4 Å². The van der Waals surface area contributed by atoms with Crippen LogP contribution in [0.3, 0.4) is 0 Å². The second kappa shape index (κ2) is 7.40. The first-order chi connectivity index (χ1) is 15.2. The molecular formula is C25H23N5O. The van der Waals surface area contributed by atoms with Gasteiger partial charge in [0.25, 0.3) is 0 Å². The number of pyridine rings is 1. The highest BCUT2D eigenvalue weighted by Gasteiger charge is 2.39. The Morgan fingerprint density at radius 3 is 2.55 bits per heavy atom. The van der Waals surface area contributed by atoms with E-state index in [1.807, 2.05) is 37.3 Å². The molecule has 1 aliphatic rings. The minimum absolute atomic E-state index is 0.0907. The van der Waals surface area contributed by atoms with Gasteiger partial charge >= 0.3 is 0 Å². The normalized spacial score (nSPS) is 16.9. The molecule has 6 heteroatoms. The van der Waals surface area contributed by atoms with Crippen LogP contribution < -0.4 is 9.80 Å². The number of rotatable bonds is 4. The predicted molar refractivity (Wildman–Crippen MR) is 128 cm³/mol. The number of para-hydroxylation sites is 1. The van der Waals surface area contributed by atoms with Gasteiger partial charge in [-0.3, -0.25) is 4.90 Å². The maximum absolute atomic E-state index is 6.26. The smallest absolute Gasteiger partial charge is 0.227 e. The van der Waals surface area contributed by atoms with Gasteiger partial charge in [-0.2, -0.15) is 0 Å². The Morgan fingerprint density at radius 1 is 1.00 bits per heavy atom. The van der Waals surface area contributed by atoms with Crippen molar-refractivity contribution in [2.24, 2.45) is 9.98 Å². The zero-order valence-corrected chi connectivity index (χ0v) is 17.8. The number of furan rings is 1. The predicted octanol–water partition coefficient (Wildman–Crippen LogP) is 5.88. The third-order valence-electron chi connectivity index (χ3n) is 5.67. The fourth-order valence-electron chi connectivity index (χ4n) is 4.35. The summed E-state index contributed by atoms with van der Waals surface area (Å²) in [6.07, 6.45) is 3.44. The van der Waals surface area contributed by atoms with Crippen LogP contribution in [0, 0.1) is 6.92 Å². The van der Waals surface area contributed by atoms with Gasteiger partial charge in [0.15, 0.2) is 17.2 Å². The van der Waals surface area contributed by atoms with E-state index in [0.717, 1.165) is 39.1 Å². The van der Waals surface area contributed by atoms with Gasteiger partial charge in [-0.15, -0.1) is 0 Å². The molecule has 0 aliphatic carbocycles. The summed E-state index contributed by atoms with van der Waals surface area (Å²) < 4.78 is 6.26. The van der Waals surface area contributed by atoms with E-state index in [0.29, 0.717) is 11.5 Å². The second-order valence-corrected chi connectivity index (χ2v) is 7.47. The maximum atomic E-state index is 6.26. The van der Waals surface area contributed by atoms with Gasteiger partial charge in [-0.05, 0) is 57.3 Å². The SMILES string of the molecule is C=NC1=C(/N=C\C)N(c2ccccc2)[C@H](C)N1c1c(C)ccc2c1oc1ncccc12. The van der Waals surface area contributed by atoms with E-state index in [-0.39, 0.29) is 6.17 Å². The summed E-state index contributed by atoms with van der Waals surface area (Å²) >= 11 is 0. The molecule has 0 amide bonds. The van der Waals surface area contributed by atoms with E-state index >= 15 is 0 Å².